The molecule has 0 unspecified atom stereocenters. The van der Waals surface area contributed by atoms with Crippen LogP contribution in [0.2, 0.25) is 0 Å². The summed E-state index contributed by atoms with van der Waals surface area (Å²) in [6.45, 7) is 6.06. The van der Waals surface area contributed by atoms with E-state index in [0.717, 1.165) is 37.0 Å². The maximum atomic E-state index is 13.6. The van der Waals surface area contributed by atoms with E-state index in [1.807, 2.05) is 36.9 Å². The van der Waals surface area contributed by atoms with Gasteiger partial charge in [-0.2, -0.15) is 0 Å². The second-order valence-electron chi connectivity index (χ2n) is 9.04. The average molecular weight is 433 g/mol. The Hall–Kier alpha value is -2.28. The minimum atomic E-state index is -0.918. The van der Waals surface area contributed by atoms with Crippen LogP contribution in [-0.2, 0) is 11.2 Å². The predicted molar refractivity (Wildman–Crippen MR) is 119 cm³/mol. The molecule has 1 aromatic carbocycles. The van der Waals surface area contributed by atoms with Gasteiger partial charge in [0, 0.05) is 44.8 Å². The zero-order valence-corrected chi connectivity index (χ0v) is 19.0. The lowest BCUT2D eigenvalue weighted by molar-refractivity contribution is 0.0449. The SMILES string of the molecule is COCCCOc1cc(CC2CC2)cc(C(=O)N(C(C)C)[C@@H]2CCCN(C(=O)O)C2)c1. The number of carbonyl (C=O) groups excluding carboxylic acids is 1. The highest BCUT2D eigenvalue weighted by Crippen LogP contribution is 2.34. The van der Waals surface area contributed by atoms with Crippen LogP contribution in [0.5, 0.6) is 5.75 Å². The van der Waals surface area contributed by atoms with Crippen molar-refractivity contribution in [3.8, 4) is 5.75 Å². The van der Waals surface area contributed by atoms with E-state index in [2.05, 4.69) is 0 Å². The van der Waals surface area contributed by atoms with Gasteiger partial charge in [-0.05, 0) is 75.6 Å². The van der Waals surface area contributed by atoms with E-state index in [-0.39, 0.29) is 18.0 Å². The molecule has 7 heteroatoms. The van der Waals surface area contributed by atoms with Gasteiger partial charge in [-0.15, -0.1) is 0 Å². The first-order valence-electron chi connectivity index (χ1n) is 11.4. The Bertz CT molecular complexity index is 762. The number of carbonyl (C=O) groups is 2. The molecule has 1 aromatic rings. The molecule has 1 aliphatic carbocycles. The van der Waals surface area contributed by atoms with Crippen molar-refractivity contribution in [1.82, 2.24) is 9.80 Å². The number of piperidine rings is 1. The first-order chi connectivity index (χ1) is 14.9. The Balaban J connectivity index is 1.81. The molecule has 0 aromatic heterocycles. The molecule has 2 fully saturated rings. The summed E-state index contributed by atoms with van der Waals surface area (Å²) < 4.78 is 11.0. The van der Waals surface area contributed by atoms with E-state index in [4.69, 9.17) is 9.47 Å². The van der Waals surface area contributed by atoms with Crippen molar-refractivity contribution in [1.29, 1.82) is 0 Å². The third kappa shape index (κ3) is 6.60. The summed E-state index contributed by atoms with van der Waals surface area (Å²) in [4.78, 5) is 28.4. The van der Waals surface area contributed by atoms with E-state index < -0.39 is 6.09 Å². The summed E-state index contributed by atoms with van der Waals surface area (Å²) in [5, 5.41) is 9.41. The Morgan fingerprint density at radius 2 is 1.97 bits per heavy atom. The molecular weight excluding hydrogens is 396 g/mol. The van der Waals surface area contributed by atoms with Crippen molar-refractivity contribution in [2.24, 2.45) is 5.92 Å². The van der Waals surface area contributed by atoms with Crippen molar-refractivity contribution in [3.05, 3.63) is 29.3 Å². The van der Waals surface area contributed by atoms with E-state index in [1.165, 1.54) is 17.7 Å². The highest BCUT2D eigenvalue weighted by molar-refractivity contribution is 5.95. The number of rotatable bonds is 10. The summed E-state index contributed by atoms with van der Waals surface area (Å²) in [7, 11) is 1.67. The van der Waals surface area contributed by atoms with Crippen LogP contribution >= 0.6 is 0 Å². The lowest BCUT2D eigenvalue weighted by Gasteiger charge is -2.40. The van der Waals surface area contributed by atoms with Gasteiger partial charge in [0.25, 0.3) is 5.91 Å². The largest absolute Gasteiger partial charge is 0.493 e. The number of amides is 2. The minimum absolute atomic E-state index is 0.0237. The second-order valence-corrected chi connectivity index (χ2v) is 9.04. The number of hydrogen-bond acceptors (Lipinski definition) is 4. The Labute approximate surface area is 185 Å². The Morgan fingerprint density at radius 3 is 2.61 bits per heavy atom. The molecule has 7 nitrogen and oxygen atoms in total. The third-order valence-corrected chi connectivity index (χ3v) is 6.05. The van der Waals surface area contributed by atoms with E-state index in [9.17, 15) is 14.7 Å². The van der Waals surface area contributed by atoms with Crippen molar-refractivity contribution in [2.75, 3.05) is 33.4 Å². The first-order valence-corrected chi connectivity index (χ1v) is 11.4. The lowest BCUT2D eigenvalue weighted by atomic mass is 9.99. The predicted octanol–water partition coefficient (Wildman–Crippen LogP) is 4.05. The van der Waals surface area contributed by atoms with Crippen LogP contribution in [0.3, 0.4) is 0 Å². The van der Waals surface area contributed by atoms with Crippen molar-refractivity contribution in [2.45, 2.75) is 64.5 Å². The van der Waals surface area contributed by atoms with Gasteiger partial charge in [-0.25, -0.2) is 4.79 Å². The standard InChI is InChI=1S/C24H36N2O5/c1-17(2)26(21-6-4-9-25(16-21)24(28)29)23(27)20-13-19(12-18-7-8-18)14-22(15-20)31-11-5-10-30-3/h13-15,17-18,21H,4-12,16H2,1-3H3,(H,28,29)/t21-/m1/s1. The number of hydrogen-bond donors (Lipinski definition) is 1. The van der Waals surface area contributed by atoms with Crippen molar-refractivity contribution >= 4 is 12.0 Å². The fourth-order valence-electron chi connectivity index (χ4n) is 4.36. The maximum absolute atomic E-state index is 13.6. The van der Waals surface area contributed by atoms with E-state index >= 15 is 0 Å². The summed E-state index contributed by atoms with van der Waals surface area (Å²) in [6, 6.07) is 5.74. The number of ether oxygens (including phenoxy) is 2. The van der Waals surface area contributed by atoms with Crippen LogP contribution in [0.15, 0.2) is 18.2 Å². The highest BCUT2D eigenvalue weighted by Gasteiger charge is 2.33. The molecule has 1 atom stereocenters. The van der Waals surface area contributed by atoms with Crippen LogP contribution in [0.25, 0.3) is 0 Å². The monoisotopic (exact) mass is 432 g/mol. The van der Waals surface area contributed by atoms with Crippen LogP contribution < -0.4 is 4.74 Å². The van der Waals surface area contributed by atoms with E-state index in [0.29, 0.717) is 37.8 Å². The number of likely N-dealkylation sites (tertiary alicyclic amines) is 1. The van der Waals surface area contributed by atoms with Crippen LogP contribution in [-0.4, -0.2) is 72.4 Å². The lowest BCUT2D eigenvalue weighted by Crippen LogP contribution is -2.53. The van der Waals surface area contributed by atoms with Crippen molar-refractivity contribution in [3.63, 3.8) is 0 Å². The van der Waals surface area contributed by atoms with Gasteiger partial charge in [0.05, 0.1) is 12.6 Å². The number of nitrogens with zero attached hydrogens (tertiary/aromatic N) is 2. The molecule has 0 radical (unpaired) electrons. The molecule has 1 aliphatic heterocycles. The highest BCUT2D eigenvalue weighted by atomic mass is 16.5. The maximum Gasteiger partial charge on any atom is 0.407 e. The van der Waals surface area contributed by atoms with Crippen LogP contribution in [0, 0.1) is 5.92 Å². The summed E-state index contributed by atoms with van der Waals surface area (Å²) in [5.74, 6) is 1.37. The first kappa shape index (κ1) is 23.4. The van der Waals surface area contributed by atoms with Gasteiger partial charge >= 0.3 is 6.09 Å². The molecule has 0 spiro atoms. The fourth-order valence-corrected chi connectivity index (χ4v) is 4.36. The molecular formula is C24H36N2O5. The van der Waals surface area contributed by atoms with E-state index in [1.54, 1.807) is 7.11 Å². The van der Waals surface area contributed by atoms with Gasteiger partial charge in [-0.3, -0.25) is 4.79 Å². The topological polar surface area (TPSA) is 79.3 Å². The molecule has 3 rings (SSSR count). The zero-order chi connectivity index (χ0) is 22.4. The van der Waals surface area contributed by atoms with Gasteiger partial charge in [0.2, 0.25) is 0 Å². The number of benzene rings is 1. The average Bonchev–Trinajstić information content (AvgIpc) is 3.55. The number of methoxy groups -OCH3 is 1. The zero-order valence-electron chi connectivity index (χ0n) is 19.0. The minimum Gasteiger partial charge on any atom is -0.493 e. The summed E-state index contributed by atoms with van der Waals surface area (Å²) in [6.07, 6.45) is 4.91. The molecule has 31 heavy (non-hydrogen) atoms. The van der Waals surface area contributed by atoms with Gasteiger partial charge < -0.3 is 24.4 Å². The van der Waals surface area contributed by atoms with Gasteiger partial charge in [0.1, 0.15) is 5.75 Å². The molecule has 0 bridgehead atoms. The molecule has 2 amide bonds. The molecule has 1 heterocycles. The molecule has 172 valence electrons. The normalized spacial score (nSPS) is 18.8. The molecule has 1 saturated carbocycles. The van der Waals surface area contributed by atoms with Crippen LogP contribution in [0.4, 0.5) is 4.79 Å². The summed E-state index contributed by atoms with van der Waals surface area (Å²) >= 11 is 0. The molecule has 1 N–H and O–H groups in total. The molecule has 2 aliphatic rings. The second kappa shape index (κ2) is 10.8. The number of carboxylic acid groups (broad SMARTS) is 1. The smallest absolute Gasteiger partial charge is 0.407 e. The third-order valence-electron chi connectivity index (χ3n) is 6.05. The quantitative estimate of drug-likeness (QED) is 0.564. The van der Waals surface area contributed by atoms with Gasteiger partial charge in [0.15, 0.2) is 0 Å². The fraction of sp³-hybridized carbons (Fsp3) is 0.667. The summed E-state index contributed by atoms with van der Waals surface area (Å²) in [5.41, 5.74) is 1.76. The van der Waals surface area contributed by atoms with Gasteiger partial charge in [-0.1, -0.05) is 0 Å². The Morgan fingerprint density at radius 1 is 1.19 bits per heavy atom. The van der Waals surface area contributed by atoms with Crippen molar-refractivity contribution < 1.29 is 24.2 Å². The van der Waals surface area contributed by atoms with Crippen LogP contribution in [0.1, 0.15) is 61.9 Å². The Kier molecular flexibility index (Phi) is 8.18. The molecule has 1 saturated heterocycles.